The molecule has 4 heterocycles. The molecule has 0 fully saturated rings. The summed E-state index contributed by atoms with van der Waals surface area (Å²) in [5, 5.41) is 10.3. The van der Waals surface area contributed by atoms with Crippen LogP contribution in [0.3, 0.4) is 0 Å². The first-order valence-corrected chi connectivity index (χ1v) is 23.4. The van der Waals surface area contributed by atoms with Crippen molar-refractivity contribution >= 4 is 107 Å². The lowest BCUT2D eigenvalue weighted by molar-refractivity contribution is 1.18. The Hall–Kier alpha value is -7.76. The van der Waals surface area contributed by atoms with Crippen molar-refractivity contribution in [2.24, 2.45) is 0 Å². The Bertz CT molecular complexity index is 3940. The van der Waals surface area contributed by atoms with Gasteiger partial charge in [-0.05, 0) is 130 Å². The number of hydrogen-bond donors (Lipinski definition) is 0. The zero-order chi connectivity index (χ0) is 41.9. The van der Waals surface area contributed by atoms with E-state index in [1.54, 1.807) is 0 Å². The fourth-order valence-corrected chi connectivity index (χ4v) is 12.5. The third-order valence-electron chi connectivity index (χ3n) is 13.3. The van der Waals surface area contributed by atoms with Gasteiger partial charge in [-0.1, -0.05) is 121 Å². The maximum Gasteiger partial charge on any atom is 0.0541 e. The standard InChI is InChI=1S/C60H36N2S2/c1-5-19-53-45(15-1)49-33-39(23-27-55(49)61(53)43-13-9-11-37(31-43)41-25-29-59-51(35-41)47-17-3-7-21-57(47)63-59)40-24-28-56-50(34-40)46-16-2-6-20-54(46)62(56)44-14-10-12-38(32-44)42-26-30-60-52(36-42)48-18-4-8-22-58(48)64-60/h1-36H. The molecule has 0 bridgehead atoms. The minimum atomic E-state index is 1.16. The Labute approximate surface area is 376 Å². The monoisotopic (exact) mass is 848 g/mol. The van der Waals surface area contributed by atoms with Crippen molar-refractivity contribution in [3.8, 4) is 44.8 Å². The maximum absolute atomic E-state index is 2.43. The van der Waals surface area contributed by atoms with Crippen molar-refractivity contribution in [3.05, 3.63) is 218 Å². The summed E-state index contributed by atoms with van der Waals surface area (Å²) in [5.41, 5.74) is 14.4. The molecule has 2 nitrogen and oxygen atoms in total. The van der Waals surface area contributed by atoms with Crippen LogP contribution < -0.4 is 0 Å². The molecular weight excluding hydrogens is 813 g/mol. The third-order valence-corrected chi connectivity index (χ3v) is 15.6. The molecule has 14 aromatic rings. The van der Waals surface area contributed by atoms with Crippen LogP contribution in [0.15, 0.2) is 218 Å². The largest absolute Gasteiger partial charge is 0.309 e. The highest BCUT2D eigenvalue weighted by Gasteiger charge is 2.18. The van der Waals surface area contributed by atoms with Crippen LogP contribution in [0.4, 0.5) is 0 Å². The molecule has 0 N–H and O–H groups in total. The van der Waals surface area contributed by atoms with Gasteiger partial charge in [0.05, 0.1) is 22.1 Å². The number of hydrogen-bond acceptors (Lipinski definition) is 2. The zero-order valence-corrected chi connectivity index (χ0v) is 36.1. The first-order valence-electron chi connectivity index (χ1n) is 21.8. The van der Waals surface area contributed by atoms with Crippen molar-refractivity contribution < 1.29 is 0 Å². The van der Waals surface area contributed by atoms with Gasteiger partial charge in [0.1, 0.15) is 0 Å². The van der Waals surface area contributed by atoms with E-state index in [2.05, 4.69) is 228 Å². The fraction of sp³-hybridized carbons (Fsp3) is 0. The molecule has 298 valence electrons. The Morgan fingerprint density at radius 3 is 1.03 bits per heavy atom. The van der Waals surface area contributed by atoms with Gasteiger partial charge in [0.2, 0.25) is 0 Å². The van der Waals surface area contributed by atoms with E-state index in [0.717, 1.165) is 11.4 Å². The molecule has 0 aliphatic carbocycles. The van der Waals surface area contributed by atoms with E-state index in [-0.39, 0.29) is 0 Å². The van der Waals surface area contributed by atoms with Crippen LogP contribution in [0.5, 0.6) is 0 Å². The average molecular weight is 849 g/mol. The molecule has 14 rings (SSSR count). The van der Waals surface area contributed by atoms with E-state index < -0.39 is 0 Å². The first-order chi connectivity index (χ1) is 31.7. The summed E-state index contributed by atoms with van der Waals surface area (Å²) >= 11 is 3.73. The Kier molecular flexibility index (Phi) is 7.76. The first kappa shape index (κ1) is 35.8. The predicted octanol–water partition coefficient (Wildman–Crippen LogP) is 17.6. The fourth-order valence-electron chi connectivity index (χ4n) is 10.3. The summed E-state index contributed by atoms with van der Waals surface area (Å²) in [7, 11) is 0. The zero-order valence-electron chi connectivity index (χ0n) is 34.5. The van der Waals surface area contributed by atoms with E-state index in [0.29, 0.717) is 0 Å². The smallest absolute Gasteiger partial charge is 0.0541 e. The molecule has 0 radical (unpaired) electrons. The molecule has 0 aliphatic heterocycles. The van der Waals surface area contributed by atoms with Gasteiger partial charge in [-0.2, -0.15) is 0 Å². The molecule has 10 aromatic carbocycles. The van der Waals surface area contributed by atoms with Gasteiger partial charge < -0.3 is 9.13 Å². The van der Waals surface area contributed by atoms with E-state index in [4.69, 9.17) is 0 Å². The van der Waals surface area contributed by atoms with Crippen LogP contribution in [0.25, 0.3) is 129 Å². The molecule has 0 amide bonds. The number of para-hydroxylation sites is 2. The number of thiophene rings is 2. The number of rotatable bonds is 5. The molecular formula is C60H36N2S2. The van der Waals surface area contributed by atoms with Gasteiger partial charge in [0, 0.05) is 73.3 Å². The highest BCUT2D eigenvalue weighted by atomic mass is 32.1. The van der Waals surface area contributed by atoms with E-state index in [1.807, 2.05) is 22.7 Å². The van der Waals surface area contributed by atoms with E-state index >= 15 is 0 Å². The Balaban J connectivity index is 0.867. The van der Waals surface area contributed by atoms with Gasteiger partial charge in [-0.25, -0.2) is 0 Å². The van der Waals surface area contributed by atoms with Crippen LogP contribution >= 0.6 is 22.7 Å². The van der Waals surface area contributed by atoms with E-state index in [1.165, 1.54) is 117 Å². The highest BCUT2D eigenvalue weighted by Crippen LogP contribution is 2.42. The number of aromatic nitrogens is 2. The minimum Gasteiger partial charge on any atom is -0.309 e. The lowest BCUT2D eigenvalue weighted by atomic mass is 10.0. The second-order valence-corrected chi connectivity index (χ2v) is 19.1. The predicted molar refractivity (Wildman–Crippen MR) is 277 cm³/mol. The molecule has 0 atom stereocenters. The quantitative estimate of drug-likeness (QED) is 0.163. The van der Waals surface area contributed by atoms with Crippen LogP contribution in [0.1, 0.15) is 0 Å². The van der Waals surface area contributed by atoms with Gasteiger partial charge >= 0.3 is 0 Å². The van der Waals surface area contributed by atoms with Gasteiger partial charge in [-0.3, -0.25) is 0 Å². The summed E-state index contributed by atoms with van der Waals surface area (Å²) < 4.78 is 10.2. The molecule has 0 unspecified atom stereocenters. The van der Waals surface area contributed by atoms with Gasteiger partial charge in [0.25, 0.3) is 0 Å². The molecule has 0 aliphatic rings. The van der Waals surface area contributed by atoms with Crippen LogP contribution in [0.2, 0.25) is 0 Å². The number of fused-ring (bicyclic) bond motifs is 12. The van der Waals surface area contributed by atoms with Crippen molar-refractivity contribution in [2.45, 2.75) is 0 Å². The summed E-state index contributed by atoms with van der Waals surface area (Å²) in [6.07, 6.45) is 0. The SMILES string of the molecule is c1cc(-c2ccc3sc4ccccc4c3c2)cc(-n2c3ccccc3c3cc(-c4ccc5c(c4)c4ccccc4n5-c4cccc(-c5ccc6sc7ccccc7c6c5)c4)ccc32)c1. The minimum absolute atomic E-state index is 1.16. The lowest BCUT2D eigenvalue weighted by Gasteiger charge is -2.12. The van der Waals surface area contributed by atoms with Crippen molar-refractivity contribution in [3.63, 3.8) is 0 Å². The molecule has 4 heteroatoms. The average Bonchev–Trinajstić information content (AvgIpc) is 4.11. The summed E-state index contributed by atoms with van der Waals surface area (Å²) in [6.45, 7) is 0. The topological polar surface area (TPSA) is 9.86 Å². The summed E-state index contributed by atoms with van der Waals surface area (Å²) in [6, 6.07) is 81.0. The molecule has 0 spiro atoms. The Morgan fingerprint density at radius 1 is 0.219 bits per heavy atom. The second-order valence-electron chi connectivity index (χ2n) is 16.9. The van der Waals surface area contributed by atoms with Crippen molar-refractivity contribution in [1.82, 2.24) is 9.13 Å². The molecule has 0 saturated heterocycles. The van der Waals surface area contributed by atoms with Crippen molar-refractivity contribution in [1.29, 1.82) is 0 Å². The maximum atomic E-state index is 2.43. The summed E-state index contributed by atoms with van der Waals surface area (Å²) in [4.78, 5) is 0. The summed E-state index contributed by atoms with van der Waals surface area (Å²) in [5.74, 6) is 0. The Morgan fingerprint density at radius 2 is 0.562 bits per heavy atom. The molecule has 4 aromatic heterocycles. The molecule has 0 saturated carbocycles. The number of nitrogens with zero attached hydrogens (tertiary/aromatic N) is 2. The highest BCUT2D eigenvalue weighted by molar-refractivity contribution is 7.26. The second kappa shape index (κ2) is 13.9. The van der Waals surface area contributed by atoms with Crippen LogP contribution in [-0.4, -0.2) is 9.13 Å². The third kappa shape index (κ3) is 5.43. The van der Waals surface area contributed by atoms with Gasteiger partial charge in [0.15, 0.2) is 0 Å². The normalized spacial score (nSPS) is 12.1. The van der Waals surface area contributed by atoms with Crippen molar-refractivity contribution in [2.75, 3.05) is 0 Å². The van der Waals surface area contributed by atoms with E-state index in [9.17, 15) is 0 Å². The lowest BCUT2D eigenvalue weighted by Crippen LogP contribution is -1.94. The van der Waals surface area contributed by atoms with Crippen LogP contribution in [-0.2, 0) is 0 Å². The van der Waals surface area contributed by atoms with Crippen LogP contribution in [0, 0.1) is 0 Å². The van der Waals surface area contributed by atoms with Gasteiger partial charge in [-0.15, -0.1) is 22.7 Å². The molecule has 64 heavy (non-hydrogen) atoms. The number of benzene rings is 10.